The van der Waals surface area contributed by atoms with Crippen molar-refractivity contribution in [2.45, 2.75) is 57.5 Å². The highest BCUT2D eigenvalue weighted by Gasteiger charge is 2.23. The second-order valence-electron chi connectivity index (χ2n) is 8.67. The van der Waals surface area contributed by atoms with Crippen LogP contribution in [0.2, 0.25) is 0 Å². The van der Waals surface area contributed by atoms with Gasteiger partial charge in [-0.15, -0.1) is 0 Å². The largest absolute Gasteiger partial charge is 0.353 e. The van der Waals surface area contributed by atoms with Gasteiger partial charge in [0.1, 0.15) is 12.2 Å². The first-order chi connectivity index (χ1) is 15.6. The van der Waals surface area contributed by atoms with Crippen molar-refractivity contribution in [1.82, 2.24) is 14.9 Å². The van der Waals surface area contributed by atoms with Crippen LogP contribution in [-0.4, -0.2) is 27.4 Å². The normalized spacial score (nSPS) is 14.9. The summed E-state index contributed by atoms with van der Waals surface area (Å²) in [5, 5.41) is 5.86. The molecular weight excluding hydrogens is 404 g/mol. The molecule has 164 valence electrons. The number of hydrogen-bond donors (Lipinski definition) is 2. The molecule has 0 bridgehead atoms. The van der Waals surface area contributed by atoms with Crippen LogP contribution in [0, 0.1) is 0 Å². The molecule has 7 nitrogen and oxygen atoms in total. The van der Waals surface area contributed by atoms with Gasteiger partial charge in [-0.25, -0.2) is 4.98 Å². The van der Waals surface area contributed by atoms with E-state index in [2.05, 4.69) is 21.7 Å². The van der Waals surface area contributed by atoms with Crippen LogP contribution < -0.4 is 16.2 Å². The zero-order chi connectivity index (χ0) is 22.1. The van der Waals surface area contributed by atoms with Crippen molar-refractivity contribution in [3.05, 3.63) is 69.6 Å². The van der Waals surface area contributed by atoms with Crippen molar-refractivity contribution in [3.8, 4) is 0 Å². The van der Waals surface area contributed by atoms with Crippen LogP contribution in [0.1, 0.15) is 42.5 Å². The van der Waals surface area contributed by atoms with E-state index in [1.807, 2.05) is 30.3 Å². The van der Waals surface area contributed by atoms with Gasteiger partial charge in [0, 0.05) is 24.6 Å². The zero-order valence-electron chi connectivity index (χ0n) is 17.9. The molecule has 5 rings (SSSR count). The fourth-order valence-corrected chi connectivity index (χ4v) is 4.32. The van der Waals surface area contributed by atoms with Gasteiger partial charge >= 0.3 is 0 Å². The minimum Gasteiger partial charge on any atom is -0.353 e. The van der Waals surface area contributed by atoms with Crippen LogP contribution >= 0.6 is 0 Å². The Bertz CT molecular complexity index is 1260. The summed E-state index contributed by atoms with van der Waals surface area (Å²) in [7, 11) is 0. The maximum absolute atomic E-state index is 13.2. The van der Waals surface area contributed by atoms with Gasteiger partial charge in [0.15, 0.2) is 0 Å². The topological polar surface area (TPSA) is 93.1 Å². The Morgan fingerprint density at radius 1 is 1.03 bits per heavy atom. The number of fused-ring (bicyclic) bond motifs is 2. The molecule has 2 aliphatic carbocycles. The third-order valence-electron chi connectivity index (χ3n) is 6.14. The number of para-hydroxylation sites is 2. The van der Waals surface area contributed by atoms with E-state index in [0.717, 1.165) is 37.8 Å². The molecule has 1 aromatic heterocycles. The van der Waals surface area contributed by atoms with Crippen molar-refractivity contribution in [3.63, 3.8) is 0 Å². The van der Waals surface area contributed by atoms with Gasteiger partial charge in [0.25, 0.3) is 5.56 Å². The van der Waals surface area contributed by atoms with E-state index in [1.54, 1.807) is 6.07 Å². The third kappa shape index (κ3) is 4.42. The van der Waals surface area contributed by atoms with Crippen LogP contribution in [-0.2, 0) is 35.4 Å². The number of hydrogen-bond acceptors (Lipinski definition) is 4. The Morgan fingerprint density at radius 3 is 2.69 bits per heavy atom. The number of benzene rings is 2. The SMILES string of the molecule is O=C(Cn1c(=O)c(CCC(=O)NC2CC2)nc2ccccc21)Nc1ccc2c(c1)CCC2. The molecule has 7 heteroatoms. The number of nitrogens with zero attached hydrogens (tertiary/aromatic N) is 2. The molecule has 0 spiro atoms. The van der Waals surface area contributed by atoms with E-state index in [-0.39, 0.29) is 42.8 Å². The van der Waals surface area contributed by atoms with Crippen molar-refractivity contribution >= 4 is 28.5 Å². The van der Waals surface area contributed by atoms with Crippen LogP contribution in [0.15, 0.2) is 47.3 Å². The van der Waals surface area contributed by atoms with E-state index in [1.165, 1.54) is 15.7 Å². The smallest absolute Gasteiger partial charge is 0.273 e. The second kappa shape index (κ2) is 8.57. The lowest BCUT2D eigenvalue weighted by Gasteiger charge is -2.13. The number of carbonyl (C=O) groups is 2. The first-order valence-corrected chi connectivity index (χ1v) is 11.3. The van der Waals surface area contributed by atoms with Crippen LogP contribution in [0.5, 0.6) is 0 Å². The minimum absolute atomic E-state index is 0.0669. The number of nitrogens with one attached hydrogen (secondary N) is 2. The molecule has 1 heterocycles. The highest BCUT2D eigenvalue weighted by molar-refractivity contribution is 5.91. The van der Waals surface area contributed by atoms with Crippen LogP contribution in [0.25, 0.3) is 11.0 Å². The first kappa shape index (κ1) is 20.4. The van der Waals surface area contributed by atoms with Crippen molar-refractivity contribution < 1.29 is 9.59 Å². The Kier molecular flexibility index (Phi) is 5.47. The lowest BCUT2D eigenvalue weighted by atomic mass is 10.1. The minimum atomic E-state index is -0.327. The fraction of sp³-hybridized carbons (Fsp3) is 0.360. The van der Waals surface area contributed by atoms with Crippen molar-refractivity contribution in [1.29, 1.82) is 0 Å². The molecule has 0 atom stereocenters. The molecular formula is C25H26N4O3. The average Bonchev–Trinajstić information content (AvgIpc) is 3.47. The van der Waals surface area contributed by atoms with Crippen LogP contribution in [0.4, 0.5) is 5.69 Å². The number of carbonyl (C=O) groups excluding carboxylic acids is 2. The summed E-state index contributed by atoms with van der Waals surface area (Å²) in [4.78, 5) is 42.6. The summed E-state index contributed by atoms with van der Waals surface area (Å²) in [6.07, 6.45) is 5.76. The van der Waals surface area contributed by atoms with E-state index in [0.29, 0.717) is 16.7 Å². The van der Waals surface area contributed by atoms with Gasteiger partial charge in [-0.2, -0.15) is 0 Å². The Morgan fingerprint density at radius 2 is 1.84 bits per heavy atom. The standard InChI is InChI=1S/C25H26N4O3/c30-23(26-18-10-11-18)13-12-21-25(32)29(22-7-2-1-6-20(22)28-21)15-24(31)27-19-9-8-16-4-3-5-17(16)14-19/h1-2,6-9,14,18H,3-5,10-13,15H2,(H,26,30)(H,27,31). The van der Waals surface area contributed by atoms with E-state index in [4.69, 9.17) is 0 Å². The summed E-state index contributed by atoms with van der Waals surface area (Å²) in [6, 6.07) is 13.6. The predicted octanol–water partition coefficient (Wildman–Crippen LogP) is 2.74. The van der Waals surface area contributed by atoms with Crippen molar-refractivity contribution in [2.75, 3.05) is 5.32 Å². The van der Waals surface area contributed by atoms with Gasteiger partial charge in [-0.3, -0.25) is 19.0 Å². The maximum atomic E-state index is 13.2. The average molecular weight is 431 g/mol. The second-order valence-corrected chi connectivity index (χ2v) is 8.67. The summed E-state index contributed by atoms with van der Waals surface area (Å²) >= 11 is 0. The highest BCUT2D eigenvalue weighted by Crippen LogP contribution is 2.25. The lowest BCUT2D eigenvalue weighted by molar-refractivity contribution is -0.121. The van der Waals surface area contributed by atoms with Gasteiger partial charge in [-0.05, 0) is 67.5 Å². The fourth-order valence-electron chi connectivity index (χ4n) is 4.32. The number of aromatic nitrogens is 2. The quantitative estimate of drug-likeness (QED) is 0.603. The van der Waals surface area contributed by atoms with E-state index in [9.17, 15) is 14.4 Å². The first-order valence-electron chi connectivity index (χ1n) is 11.3. The molecule has 0 aliphatic heterocycles. The van der Waals surface area contributed by atoms with E-state index >= 15 is 0 Å². The third-order valence-corrected chi connectivity index (χ3v) is 6.14. The summed E-state index contributed by atoms with van der Waals surface area (Å²) < 4.78 is 1.46. The molecule has 2 N–H and O–H groups in total. The zero-order valence-corrected chi connectivity index (χ0v) is 17.9. The molecule has 2 amide bonds. The number of anilines is 1. The monoisotopic (exact) mass is 430 g/mol. The molecule has 0 saturated heterocycles. The number of amides is 2. The highest BCUT2D eigenvalue weighted by atomic mass is 16.2. The number of rotatable bonds is 7. The number of aryl methyl sites for hydroxylation is 3. The summed E-state index contributed by atoms with van der Waals surface area (Å²) in [6.45, 7) is -0.111. The molecule has 1 saturated carbocycles. The van der Waals surface area contributed by atoms with Crippen LogP contribution in [0.3, 0.4) is 0 Å². The molecule has 3 aromatic rings. The molecule has 0 radical (unpaired) electrons. The Hall–Kier alpha value is -3.48. The molecule has 1 fully saturated rings. The molecule has 32 heavy (non-hydrogen) atoms. The predicted molar refractivity (Wildman–Crippen MR) is 123 cm³/mol. The lowest BCUT2D eigenvalue weighted by Crippen LogP contribution is -2.32. The Balaban J connectivity index is 1.36. The molecule has 2 aromatic carbocycles. The molecule has 2 aliphatic rings. The van der Waals surface area contributed by atoms with Gasteiger partial charge in [-0.1, -0.05) is 18.2 Å². The van der Waals surface area contributed by atoms with Gasteiger partial charge in [0.2, 0.25) is 11.8 Å². The summed E-state index contributed by atoms with van der Waals surface area (Å²) in [5.41, 5.74) is 4.59. The van der Waals surface area contributed by atoms with Gasteiger partial charge < -0.3 is 10.6 Å². The Labute approximate surface area is 185 Å². The van der Waals surface area contributed by atoms with E-state index < -0.39 is 0 Å². The van der Waals surface area contributed by atoms with Gasteiger partial charge in [0.05, 0.1) is 11.0 Å². The van der Waals surface area contributed by atoms with Crippen molar-refractivity contribution in [2.24, 2.45) is 0 Å². The molecule has 0 unspecified atom stereocenters. The summed E-state index contributed by atoms with van der Waals surface area (Å²) in [5.74, 6) is -0.332. The maximum Gasteiger partial charge on any atom is 0.273 e.